The van der Waals surface area contributed by atoms with Crippen LogP contribution in [0.1, 0.15) is 15.2 Å². The highest BCUT2D eigenvalue weighted by Crippen LogP contribution is 2.35. The number of fused-ring (bicyclic) bond motifs is 1. The molecular weight excluding hydrogens is 302 g/mol. The van der Waals surface area contributed by atoms with Crippen molar-refractivity contribution in [2.75, 3.05) is 14.1 Å². The maximum Gasteiger partial charge on any atom is 0.414 e. The third kappa shape index (κ3) is 2.73. The Bertz CT molecular complexity index is 762. The lowest BCUT2D eigenvalue weighted by molar-refractivity contribution is 0.101. The van der Waals surface area contributed by atoms with Gasteiger partial charge in [-0.05, 0) is 23.6 Å². The summed E-state index contributed by atoms with van der Waals surface area (Å²) < 4.78 is 10.7. The van der Waals surface area contributed by atoms with Gasteiger partial charge in [-0.25, -0.2) is 4.79 Å². The fourth-order valence-electron chi connectivity index (χ4n) is 1.93. The van der Waals surface area contributed by atoms with Crippen molar-refractivity contribution in [2.24, 2.45) is 0 Å². The highest BCUT2D eigenvalue weighted by atomic mass is 32.1. The van der Waals surface area contributed by atoms with Crippen LogP contribution in [-0.2, 0) is 0 Å². The molecule has 1 aromatic heterocycles. The molecule has 0 spiro atoms. The number of thiophene rings is 1. The fraction of sp³-hybridized carbons (Fsp3) is 0.125. The van der Waals surface area contributed by atoms with Crippen LogP contribution in [0.15, 0.2) is 41.5 Å². The summed E-state index contributed by atoms with van der Waals surface area (Å²) in [6, 6.07) is 8.54. The number of rotatable bonds is 2. The lowest BCUT2D eigenvalue weighted by Gasteiger charge is -2.10. The zero-order valence-electron chi connectivity index (χ0n) is 12.0. The van der Waals surface area contributed by atoms with Crippen LogP contribution in [0.5, 0.6) is 11.5 Å². The lowest BCUT2D eigenvalue weighted by Crippen LogP contribution is -2.25. The fourth-order valence-corrected chi connectivity index (χ4v) is 2.57. The topological polar surface area (TPSA) is 55.8 Å². The standard InChI is InChI=1S/C16H13NO4S/c1-17(2)16(19)20-10-5-6-12-13(8-10)21-14(15(12)18)9-11-4-3-7-22-11/h3-9H,1-2H3/b14-9+. The number of allylic oxidation sites excluding steroid dienone is 1. The molecule has 2 aromatic rings. The summed E-state index contributed by atoms with van der Waals surface area (Å²) in [4.78, 5) is 26.1. The summed E-state index contributed by atoms with van der Waals surface area (Å²) >= 11 is 1.52. The van der Waals surface area contributed by atoms with E-state index in [4.69, 9.17) is 9.47 Å². The van der Waals surface area contributed by atoms with E-state index in [1.807, 2.05) is 17.5 Å². The molecule has 5 nitrogen and oxygen atoms in total. The molecule has 0 unspecified atom stereocenters. The first-order valence-corrected chi connectivity index (χ1v) is 7.43. The number of Topliss-reactive ketones (excluding diaryl/α,β-unsaturated/α-hetero) is 1. The molecule has 0 saturated heterocycles. The molecule has 0 N–H and O–H groups in total. The van der Waals surface area contributed by atoms with Gasteiger partial charge in [-0.15, -0.1) is 11.3 Å². The van der Waals surface area contributed by atoms with E-state index >= 15 is 0 Å². The molecule has 1 aliphatic rings. The number of carbonyl (C=O) groups excluding carboxylic acids is 2. The van der Waals surface area contributed by atoms with Gasteiger partial charge in [-0.2, -0.15) is 0 Å². The Morgan fingerprint density at radius 2 is 2.14 bits per heavy atom. The maximum absolute atomic E-state index is 12.3. The Morgan fingerprint density at radius 1 is 1.32 bits per heavy atom. The summed E-state index contributed by atoms with van der Waals surface area (Å²) in [5, 5.41) is 1.93. The highest BCUT2D eigenvalue weighted by molar-refractivity contribution is 7.10. The third-order valence-electron chi connectivity index (χ3n) is 3.03. The Hall–Kier alpha value is -2.60. The molecule has 1 amide bonds. The molecular formula is C16H13NO4S. The third-order valence-corrected chi connectivity index (χ3v) is 3.85. The second-order valence-corrected chi connectivity index (χ2v) is 5.85. The van der Waals surface area contributed by atoms with Gasteiger partial charge in [0.15, 0.2) is 5.76 Å². The molecule has 1 aromatic carbocycles. The smallest absolute Gasteiger partial charge is 0.414 e. The van der Waals surface area contributed by atoms with Gasteiger partial charge in [-0.3, -0.25) is 4.79 Å². The number of ketones is 1. The zero-order valence-corrected chi connectivity index (χ0v) is 12.8. The molecule has 0 saturated carbocycles. The first-order chi connectivity index (χ1) is 10.5. The van der Waals surface area contributed by atoms with Crippen molar-refractivity contribution in [3.05, 3.63) is 51.9 Å². The molecule has 0 radical (unpaired) electrons. The van der Waals surface area contributed by atoms with Crippen LogP contribution in [0.2, 0.25) is 0 Å². The largest absolute Gasteiger partial charge is 0.452 e. The molecule has 6 heteroatoms. The minimum atomic E-state index is -0.487. The van der Waals surface area contributed by atoms with Crippen molar-refractivity contribution in [3.8, 4) is 11.5 Å². The van der Waals surface area contributed by atoms with E-state index < -0.39 is 6.09 Å². The highest BCUT2D eigenvalue weighted by Gasteiger charge is 2.28. The Labute approximate surface area is 131 Å². The van der Waals surface area contributed by atoms with E-state index in [-0.39, 0.29) is 11.5 Å². The van der Waals surface area contributed by atoms with Crippen LogP contribution in [0.3, 0.4) is 0 Å². The first kappa shape index (κ1) is 14.3. The average Bonchev–Trinajstić information content (AvgIpc) is 3.08. The minimum absolute atomic E-state index is 0.172. The Morgan fingerprint density at radius 3 is 2.82 bits per heavy atom. The predicted molar refractivity (Wildman–Crippen MR) is 83.4 cm³/mol. The molecule has 0 aliphatic carbocycles. The summed E-state index contributed by atoms with van der Waals surface area (Å²) in [5.74, 6) is 0.835. The monoisotopic (exact) mass is 315 g/mol. The van der Waals surface area contributed by atoms with E-state index in [1.165, 1.54) is 16.2 Å². The summed E-state index contributed by atoms with van der Waals surface area (Å²) in [6.45, 7) is 0. The molecule has 22 heavy (non-hydrogen) atoms. The number of ether oxygens (including phenoxy) is 2. The van der Waals surface area contributed by atoms with Crippen molar-refractivity contribution in [2.45, 2.75) is 0 Å². The molecule has 112 valence electrons. The van der Waals surface area contributed by atoms with Crippen LogP contribution < -0.4 is 9.47 Å². The maximum atomic E-state index is 12.3. The minimum Gasteiger partial charge on any atom is -0.452 e. The van der Waals surface area contributed by atoms with Crippen molar-refractivity contribution in [1.82, 2.24) is 4.90 Å². The van der Waals surface area contributed by atoms with E-state index in [0.717, 1.165) is 4.88 Å². The van der Waals surface area contributed by atoms with Crippen LogP contribution in [-0.4, -0.2) is 30.9 Å². The van der Waals surface area contributed by atoms with Crippen molar-refractivity contribution < 1.29 is 19.1 Å². The van der Waals surface area contributed by atoms with Gasteiger partial charge >= 0.3 is 6.09 Å². The Kier molecular flexibility index (Phi) is 3.68. The van der Waals surface area contributed by atoms with Gasteiger partial charge in [0.05, 0.1) is 5.56 Å². The zero-order chi connectivity index (χ0) is 15.7. The van der Waals surface area contributed by atoms with Crippen LogP contribution in [0, 0.1) is 0 Å². The molecule has 1 aliphatic heterocycles. The summed E-state index contributed by atoms with van der Waals surface area (Å²) in [5.41, 5.74) is 0.465. The van der Waals surface area contributed by atoms with Crippen molar-refractivity contribution >= 4 is 29.3 Å². The van der Waals surface area contributed by atoms with Crippen molar-refractivity contribution in [3.63, 3.8) is 0 Å². The number of hydrogen-bond donors (Lipinski definition) is 0. The van der Waals surface area contributed by atoms with Crippen LogP contribution in [0.4, 0.5) is 4.79 Å². The number of benzene rings is 1. The normalized spacial score (nSPS) is 14.6. The number of amides is 1. The summed E-state index contributed by atoms with van der Waals surface area (Å²) in [6.07, 6.45) is 1.22. The van der Waals surface area contributed by atoms with Gasteiger partial charge < -0.3 is 14.4 Å². The molecule has 0 fully saturated rings. The predicted octanol–water partition coefficient (Wildman–Crippen LogP) is 3.42. The SMILES string of the molecule is CN(C)C(=O)Oc1ccc2c(c1)O/C(=C/c1cccs1)C2=O. The van der Waals surface area contributed by atoms with Gasteiger partial charge in [0.1, 0.15) is 11.5 Å². The molecule has 2 heterocycles. The van der Waals surface area contributed by atoms with E-state index in [9.17, 15) is 9.59 Å². The average molecular weight is 315 g/mol. The van der Waals surface area contributed by atoms with E-state index in [0.29, 0.717) is 17.1 Å². The van der Waals surface area contributed by atoms with E-state index in [2.05, 4.69) is 0 Å². The summed E-state index contributed by atoms with van der Waals surface area (Å²) in [7, 11) is 3.19. The molecule has 0 bridgehead atoms. The van der Waals surface area contributed by atoms with Crippen LogP contribution in [0.25, 0.3) is 6.08 Å². The van der Waals surface area contributed by atoms with Gasteiger partial charge in [-0.1, -0.05) is 6.07 Å². The molecule has 0 atom stereocenters. The van der Waals surface area contributed by atoms with Gasteiger partial charge in [0.2, 0.25) is 5.78 Å². The second-order valence-electron chi connectivity index (χ2n) is 4.88. The lowest BCUT2D eigenvalue weighted by atomic mass is 10.1. The number of hydrogen-bond acceptors (Lipinski definition) is 5. The van der Waals surface area contributed by atoms with E-state index in [1.54, 1.807) is 38.4 Å². The van der Waals surface area contributed by atoms with Crippen LogP contribution >= 0.6 is 11.3 Å². The van der Waals surface area contributed by atoms with Gasteiger partial charge in [0.25, 0.3) is 0 Å². The second kappa shape index (κ2) is 5.65. The molecule has 3 rings (SSSR count). The van der Waals surface area contributed by atoms with Gasteiger partial charge in [0, 0.05) is 31.1 Å². The quantitative estimate of drug-likeness (QED) is 0.797. The Balaban J connectivity index is 1.85. The van der Waals surface area contributed by atoms with Crippen molar-refractivity contribution in [1.29, 1.82) is 0 Å². The first-order valence-electron chi connectivity index (χ1n) is 6.55. The number of carbonyl (C=O) groups is 2. The number of nitrogens with zero attached hydrogens (tertiary/aromatic N) is 1.